The van der Waals surface area contributed by atoms with Crippen molar-refractivity contribution < 1.29 is 14.7 Å². The molecule has 0 heterocycles. The molecule has 5 nitrogen and oxygen atoms in total. The van der Waals surface area contributed by atoms with Gasteiger partial charge in [-0.3, -0.25) is 9.59 Å². The van der Waals surface area contributed by atoms with Crippen molar-refractivity contribution in [1.82, 2.24) is 5.32 Å². The molecule has 3 N–H and O–H groups in total. The molecule has 0 aromatic heterocycles. The van der Waals surface area contributed by atoms with Gasteiger partial charge in [-0.25, -0.2) is 0 Å². The Morgan fingerprint density at radius 1 is 1.08 bits per heavy atom. The minimum Gasteiger partial charge on any atom is -0.481 e. The third kappa shape index (κ3) is 2.87. The summed E-state index contributed by atoms with van der Waals surface area (Å²) in [5.41, 5.74) is -0.335. The van der Waals surface area contributed by atoms with Gasteiger partial charge in [-0.05, 0) is 75.8 Å². The van der Waals surface area contributed by atoms with Crippen LogP contribution in [0.25, 0.3) is 0 Å². The van der Waals surface area contributed by atoms with Gasteiger partial charge in [0.15, 0.2) is 0 Å². The average molecular weight is 356 g/mol. The summed E-state index contributed by atoms with van der Waals surface area (Å²) in [5.74, 6) is 0.478. The van der Waals surface area contributed by atoms with Crippen molar-refractivity contribution in [2.24, 2.45) is 23.2 Å². The zero-order valence-corrected chi connectivity index (χ0v) is 15.5. The number of carboxylic acids is 1. The molecule has 4 saturated carbocycles. The normalized spacial score (nSPS) is 35.2. The van der Waals surface area contributed by atoms with E-state index in [1.54, 1.807) is 0 Å². The van der Waals surface area contributed by atoms with Crippen LogP contribution in [0.5, 0.6) is 0 Å². The Morgan fingerprint density at radius 2 is 1.69 bits per heavy atom. The van der Waals surface area contributed by atoms with Gasteiger partial charge in [-0.1, -0.05) is 18.2 Å². The Labute approximate surface area is 154 Å². The van der Waals surface area contributed by atoms with Gasteiger partial charge >= 0.3 is 5.97 Å². The van der Waals surface area contributed by atoms with E-state index in [0.717, 1.165) is 24.9 Å². The fourth-order valence-corrected chi connectivity index (χ4v) is 5.79. The molecule has 5 heteroatoms. The standard InChI is InChI=1S/C21H28N2O3/c1-20(2,23-16-6-4-3-5-7-16)18(24)22-17-14-8-13-9-15(17)12-21(10-13,11-14)19(25)26/h3-7,13-15,17,23H,8-12H2,1-2H3,(H,22,24)(H,25,26). The molecule has 4 aliphatic rings. The lowest BCUT2D eigenvalue weighted by Crippen LogP contribution is -2.63. The molecular weight excluding hydrogens is 328 g/mol. The Kier molecular flexibility index (Phi) is 4.01. The maximum atomic E-state index is 13.0. The van der Waals surface area contributed by atoms with Crippen molar-refractivity contribution >= 4 is 17.6 Å². The molecule has 4 bridgehead atoms. The van der Waals surface area contributed by atoms with E-state index >= 15 is 0 Å². The zero-order valence-electron chi connectivity index (χ0n) is 15.5. The smallest absolute Gasteiger partial charge is 0.309 e. The molecule has 2 unspecified atom stereocenters. The van der Waals surface area contributed by atoms with Gasteiger partial charge in [0.25, 0.3) is 0 Å². The van der Waals surface area contributed by atoms with Crippen LogP contribution in [0.1, 0.15) is 46.0 Å². The monoisotopic (exact) mass is 356 g/mol. The van der Waals surface area contributed by atoms with Gasteiger partial charge in [0.1, 0.15) is 5.54 Å². The van der Waals surface area contributed by atoms with E-state index in [0.29, 0.717) is 30.6 Å². The van der Waals surface area contributed by atoms with Crippen molar-refractivity contribution in [3.05, 3.63) is 30.3 Å². The zero-order chi connectivity index (χ0) is 18.5. The highest BCUT2D eigenvalue weighted by Gasteiger charge is 2.59. The number of nitrogens with one attached hydrogen (secondary N) is 2. The summed E-state index contributed by atoms with van der Waals surface area (Å²) in [5, 5.41) is 16.3. The third-order valence-electron chi connectivity index (χ3n) is 6.82. The highest BCUT2D eigenvalue weighted by Crippen LogP contribution is 2.60. The number of anilines is 1. The van der Waals surface area contributed by atoms with E-state index in [1.165, 1.54) is 0 Å². The van der Waals surface area contributed by atoms with Gasteiger partial charge in [0, 0.05) is 11.7 Å². The number of hydrogen-bond donors (Lipinski definition) is 3. The average Bonchev–Trinajstić information content (AvgIpc) is 2.57. The lowest BCUT2D eigenvalue weighted by Gasteiger charge is -2.58. The molecule has 0 radical (unpaired) electrons. The van der Waals surface area contributed by atoms with Crippen LogP contribution in [0.15, 0.2) is 30.3 Å². The molecule has 0 aliphatic heterocycles. The molecular formula is C21H28N2O3. The number of benzene rings is 1. The molecule has 4 fully saturated rings. The number of carbonyl (C=O) groups is 2. The summed E-state index contributed by atoms with van der Waals surface area (Å²) >= 11 is 0. The van der Waals surface area contributed by atoms with Crippen molar-refractivity contribution in [1.29, 1.82) is 0 Å². The van der Waals surface area contributed by atoms with Crippen molar-refractivity contribution in [2.45, 2.75) is 57.5 Å². The molecule has 0 saturated heterocycles. The van der Waals surface area contributed by atoms with Crippen LogP contribution in [0.2, 0.25) is 0 Å². The minimum atomic E-state index is -0.722. The molecule has 4 aliphatic carbocycles. The highest BCUT2D eigenvalue weighted by atomic mass is 16.4. The summed E-state index contributed by atoms with van der Waals surface area (Å²) < 4.78 is 0. The van der Waals surface area contributed by atoms with Crippen LogP contribution in [0.4, 0.5) is 5.69 Å². The van der Waals surface area contributed by atoms with Gasteiger partial charge in [0.2, 0.25) is 5.91 Å². The topological polar surface area (TPSA) is 78.4 Å². The largest absolute Gasteiger partial charge is 0.481 e. The van der Waals surface area contributed by atoms with E-state index in [4.69, 9.17) is 0 Å². The molecule has 140 valence electrons. The van der Waals surface area contributed by atoms with Gasteiger partial charge in [-0.2, -0.15) is 0 Å². The first kappa shape index (κ1) is 17.4. The summed E-state index contributed by atoms with van der Waals surface area (Å²) in [7, 11) is 0. The second-order valence-electron chi connectivity index (χ2n) is 9.17. The second kappa shape index (κ2) is 6.00. The molecule has 5 rings (SSSR count). The number of para-hydroxylation sites is 1. The molecule has 26 heavy (non-hydrogen) atoms. The number of amides is 1. The molecule has 1 aromatic carbocycles. The van der Waals surface area contributed by atoms with Gasteiger partial charge in [0.05, 0.1) is 5.41 Å². The number of aliphatic carboxylic acids is 1. The Hall–Kier alpha value is -2.04. The number of rotatable bonds is 5. The predicted molar refractivity (Wildman–Crippen MR) is 99.7 cm³/mol. The fraction of sp³-hybridized carbons (Fsp3) is 0.619. The number of hydrogen-bond acceptors (Lipinski definition) is 3. The van der Waals surface area contributed by atoms with Crippen LogP contribution in [-0.2, 0) is 9.59 Å². The Morgan fingerprint density at radius 3 is 2.27 bits per heavy atom. The van der Waals surface area contributed by atoms with Crippen LogP contribution >= 0.6 is 0 Å². The van der Waals surface area contributed by atoms with Crippen molar-refractivity contribution in [3.8, 4) is 0 Å². The fourth-order valence-electron chi connectivity index (χ4n) is 5.79. The van der Waals surface area contributed by atoms with E-state index in [9.17, 15) is 14.7 Å². The van der Waals surface area contributed by atoms with Crippen LogP contribution in [0, 0.1) is 23.2 Å². The maximum absolute atomic E-state index is 13.0. The van der Waals surface area contributed by atoms with Gasteiger partial charge in [-0.15, -0.1) is 0 Å². The number of carbonyl (C=O) groups excluding carboxylic acids is 1. The van der Waals surface area contributed by atoms with Crippen molar-refractivity contribution in [3.63, 3.8) is 0 Å². The summed E-state index contributed by atoms with van der Waals surface area (Å²) in [4.78, 5) is 24.8. The first-order chi connectivity index (χ1) is 12.3. The summed E-state index contributed by atoms with van der Waals surface area (Å²) in [6.45, 7) is 3.79. The predicted octanol–water partition coefficient (Wildman–Crippen LogP) is 3.27. The third-order valence-corrected chi connectivity index (χ3v) is 6.82. The summed E-state index contributed by atoms with van der Waals surface area (Å²) in [6, 6.07) is 9.86. The second-order valence-corrected chi connectivity index (χ2v) is 9.17. The van der Waals surface area contributed by atoms with Crippen molar-refractivity contribution in [2.75, 3.05) is 5.32 Å². The molecule has 2 atom stereocenters. The van der Waals surface area contributed by atoms with Crippen LogP contribution in [0.3, 0.4) is 0 Å². The van der Waals surface area contributed by atoms with E-state index in [1.807, 2.05) is 44.2 Å². The molecule has 0 spiro atoms. The summed E-state index contributed by atoms with van der Waals surface area (Å²) in [6.07, 6.45) is 4.38. The SMILES string of the molecule is CC(C)(Nc1ccccc1)C(=O)NC1C2CC3CC1CC(C(=O)O)(C3)C2. The first-order valence-corrected chi connectivity index (χ1v) is 9.67. The number of carboxylic acid groups (broad SMARTS) is 1. The van der Waals surface area contributed by atoms with E-state index < -0.39 is 16.9 Å². The lowest BCUT2D eigenvalue weighted by molar-refractivity contribution is -0.167. The highest BCUT2D eigenvalue weighted by molar-refractivity contribution is 5.88. The minimum absolute atomic E-state index is 0.0109. The molecule has 1 aromatic rings. The van der Waals surface area contributed by atoms with E-state index in [2.05, 4.69) is 10.6 Å². The molecule has 1 amide bonds. The Balaban J connectivity index is 1.46. The lowest BCUT2D eigenvalue weighted by atomic mass is 9.48. The van der Waals surface area contributed by atoms with Crippen LogP contribution < -0.4 is 10.6 Å². The maximum Gasteiger partial charge on any atom is 0.309 e. The van der Waals surface area contributed by atoms with E-state index in [-0.39, 0.29) is 11.9 Å². The Bertz CT molecular complexity index is 699. The van der Waals surface area contributed by atoms with Gasteiger partial charge < -0.3 is 15.7 Å². The quantitative estimate of drug-likeness (QED) is 0.757. The first-order valence-electron chi connectivity index (χ1n) is 9.67. The van der Waals surface area contributed by atoms with Crippen LogP contribution in [-0.4, -0.2) is 28.6 Å².